The molecule has 0 saturated heterocycles. The number of hydrogen-bond acceptors (Lipinski definition) is 3. The summed E-state index contributed by atoms with van der Waals surface area (Å²) in [6, 6.07) is 3.47. The maximum absolute atomic E-state index is 11.5. The molecule has 4 nitrogen and oxygen atoms in total. The van der Waals surface area contributed by atoms with Crippen molar-refractivity contribution in [2.24, 2.45) is 0 Å². The molecule has 15 heavy (non-hydrogen) atoms. The summed E-state index contributed by atoms with van der Waals surface area (Å²) in [5.74, 6) is 0.694. The van der Waals surface area contributed by atoms with Gasteiger partial charge in [-0.25, -0.2) is 4.98 Å². The van der Waals surface area contributed by atoms with Crippen LogP contribution in [0, 0.1) is 0 Å². The van der Waals surface area contributed by atoms with E-state index >= 15 is 0 Å². The molecule has 1 aromatic heterocycles. The molecule has 4 heteroatoms. The maximum atomic E-state index is 11.5. The maximum Gasteiger partial charge on any atom is 0.251 e. The number of nitrogens with zero attached hydrogens (tertiary/aromatic N) is 1. The molecule has 0 spiro atoms. The minimum absolute atomic E-state index is 0.0561. The Kier molecular flexibility index (Phi) is 4.60. The van der Waals surface area contributed by atoms with Crippen LogP contribution in [0.3, 0.4) is 0 Å². The van der Waals surface area contributed by atoms with Crippen molar-refractivity contribution < 1.29 is 4.79 Å². The lowest BCUT2D eigenvalue weighted by atomic mass is 10.2. The number of rotatable bonds is 5. The average molecular weight is 207 g/mol. The van der Waals surface area contributed by atoms with Crippen LogP contribution in [0.2, 0.25) is 0 Å². The van der Waals surface area contributed by atoms with Crippen LogP contribution in [0.15, 0.2) is 18.3 Å². The fourth-order valence-electron chi connectivity index (χ4n) is 1.18. The lowest BCUT2D eigenvalue weighted by Crippen LogP contribution is -2.22. The van der Waals surface area contributed by atoms with Crippen molar-refractivity contribution in [3.8, 4) is 0 Å². The van der Waals surface area contributed by atoms with Crippen LogP contribution < -0.4 is 10.6 Å². The number of nitrogens with one attached hydrogen (secondary N) is 2. The molecular weight excluding hydrogens is 190 g/mol. The van der Waals surface area contributed by atoms with E-state index in [4.69, 9.17) is 0 Å². The van der Waals surface area contributed by atoms with Crippen LogP contribution >= 0.6 is 0 Å². The first-order valence-corrected chi connectivity index (χ1v) is 5.26. The summed E-state index contributed by atoms with van der Waals surface area (Å²) in [6.45, 7) is 5.49. The molecule has 0 aliphatic rings. The van der Waals surface area contributed by atoms with Gasteiger partial charge in [0.25, 0.3) is 5.91 Å². The standard InChI is InChI=1S/C11H17N3O/c1-3-6-13-10-8-9(5-7-14-10)11(15)12-4-2/h5,7-8H,3-4,6H2,1-2H3,(H,12,15)(H,13,14). The monoisotopic (exact) mass is 207 g/mol. The van der Waals surface area contributed by atoms with E-state index in [1.165, 1.54) is 0 Å². The van der Waals surface area contributed by atoms with Crippen LogP contribution in [0.25, 0.3) is 0 Å². The van der Waals surface area contributed by atoms with E-state index in [1.807, 2.05) is 6.92 Å². The summed E-state index contributed by atoms with van der Waals surface area (Å²) >= 11 is 0. The van der Waals surface area contributed by atoms with Crippen molar-refractivity contribution in [1.82, 2.24) is 10.3 Å². The molecule has 1 aromatic rings. The quantitative estimate of drug-likeness (QED) is 0.772. The number of amides is 1. The molecule has 0 fully saturated rings. The number of pyridine rings is 1. The van der Waals surface area contributed by atoms with Gasteiger partial charge in [0.1, 0.15) is 5.82 Å². The first kappa shape index (κ1) is 11.5. The van der Waals surface area contributed by atoms with Crippen molar-refractivity contribution in [2.45, 2.75) is 20.3 Å². The molecule has 0 aliphatic heterocycles. The zero-order chi connectivity index (χ0) is 11.1. The predicted octanol–water partition coefficient (Wildman–Crippen LogP) is 1.65. The van der Waals surface area contributed by atoms with Gasteiger partial charge >= 0.3 is 0 Å². The molecule has 1 amide bonds. The summed E-state index contributed by atoms with van der Waals surface area (Å²) in [6.07, 6.45) is 2.68. The van der Waals surface area contributed by atoms with Gasteiger partial charge in [0, 0.05) is 24.8 Å². The molecule has 0 unspecified atom stereocenters. The third-order valence-electron chi connectivity index (χ3n) is 1.92. The highest BCUT2D eigenvalue weighted by atomic mass is 16.1. The van der Waals surface area contributed by atoms with Crippen molar-refractivity contribution in [3.05, 3.63) is 23.9 Å². The van der Waals surface area contributed by atoms with E-state index in [0.717, 1.165) is 18.8 Å². The van der Waals surface area contributed by atoms with Crippen molar-refractivity contribution in [3.63, 3.8) is 0 Å². The van der Waals surface area contributed by atoms with Crippen LogP contribution in [0.4, 0.5) is 5.82 Å². The Bertz CT molecular complexity index is 325. The van der Waals surface area contributed by atoms with Crippen LogP contribution in [0.5, 0.6) is 0 Å². The highest BCUT2D eigenvalue weighted by Crippen LogP contribution is 2.06. The van der Waals surface area contributed by atoms with Crippen molar-refractivity contribution in [1.29, 1.82) is 0 Å². The van der Waals surface area contributed by atoms with Crippen LogP contribution in [0.1, 0.15) is 30.6 Å². The number of hydrogen-bond donors (Lipinski definition) is 2. The molecule has 2 N–H and O–H groups in total. The van der Waals surface area contributed by atoms with Gasteiger partial charge in [-0.1, -0.05) is 6.92 Å². The first-order chi connectivity index (χ1) is 7.27. The highest BCUT2D eigenvalue weighted by molar-refractivity contribution is 5.94. The summed E-state index contributed by atoms with van der Waals surface area (Å²) in [7, 11) is 0. The van der Waals surface area contributed by atoms with Crippen LogP contribution in [-0.4, -0.2) is 24.0 Å². The zero-order valence-corrected chi connectivity index (χ0v) is 9.21. The topological polar surface area (TPSA) is 54.0 Å². The van der Waals surface area contributed by atoms with E-state index in [1.54, 1.807) is 18.3 Å². The van der Waals surface area contributed by atoms with E-state index in [0.29, 0.717) is 12.1 Å². The second-order valence-electron chi connectivity index (χ2n) is 3.22. The van der Waals surface area contributed by atoms with Crippen molar-refractivity contribution in [2.75, 3.05) is 18.4 Å². The fourth-order valence-corrected chi connectivity index (χ4v) is 1.18. The van der Waals surface area contributed by atoms with Crippen LogP contribution in [-0.2, 0) is 0 Å². The molecule has 0 atom stereocenters. The lowest BCUT2D eigenvalue weighted by Gasteiger charge is -2.06. The fraction of sp³-hybridized carbons (Fsp3) is 0.455. The summed E-state index contributed by atoms with van der Waals surface area (Å²) < 4.78 is 0. The molecule has 0 saturated carbocycles. The second kappa shape index (κ2) is 6.01. The Balaban J connectivity index is 2.69. The SMILES string of the molecule is CCCNc1cc(C(=O)NCC)ccn1. The number of aromatic nitrogens is 1. The molecule has 82 valence electrons. The predicted molar refractivity (Wildman–Crippen MR) is 61.0 cm³/mol. The molecule has 1 rings (SSSR count). The number of carbonyl (C=O) groups is 1. The van der Waals surface area contributed by atoms with E-state index in [2.05, 4.69) is 22.5 Å². The molecule has 0 bridgehead atoms. The molecule has 0 aliphatic carbocycles. The third-order valence-corrected chi connectivity index (χ3v) is 1.92. The highest BCUT2D eigenvalue weighted by Gasteiger charge is 2.04. The minimum Gasteiger partial charge on any atom is -0.370 e. The van der Waals surface area contributed by atoms with E-state index in [-0.39, 0.29) is 5.91 Å². The van der Waals surface area contributed by atoms with Crippen molar-refractivity contribution >= 4 is 11.7 Å². The second-order valence-corrected chi connectivity index (χ2v) is 3.22. The smallest absolute Gasteiger partial charge is 0.251 e. The van der Waals surface area contributed by atoms with Gasteiger partial charge in [0.15, 0.2) is 0 Å². The largest absolute Gasteiger partial charge is 0.370 e. The summed E-state index contributed by atoms with van der Waals surface area (Å²) in [5, 5.41) is 5.89. The molecule has 1 heterocycles. The normalized spacial score (nSPS) is 9.73. The van der Waals surface area contributed by atoms with Gasteiger partial charge in [-0.15, -0.1) is 0 Å². The number of carbonyl (C=O) groups excluding carboxylic acids is 1. The average Bonchev–Trinajstić information content (AvgIpc) is 2.27. The Morgan fingerprint density at radius 2 is 2.27 bits per heavy atom. The van der Waals surface area contributed by atoms with Gasteiger partial charge in [0.2, 0.25) is 0 Å². The third kappa shape index (κ3) is 3.58. The Morgan fingerprint density at radius 3 is 2.93 bits per heavy atom. The lowest BCUT2D eigenvalue weighted by molar-refractivity contribution is 0.0956. The molecule has 0 aromatic carbocycles. The minimum atomic E-state index is -0.0561. The first-order valence-electron chi connectivity index (χ1n) is 5.26. The van der Waals surface area contributed by atoms with E-state index < -0.39 is 0 Å². The molecular formula is C11H17N3O. The van der Waals surface area contributed by atoms with Gasteiger partial charge in [0.05, 0.1) is 0 Å². The van der Waals surface area contributed by atoms with Gasteiger partial charge in [-0.3, -0.25) is 4.79 Å². The van der Waals surface area contributed by atoms with Gasteiger partial charge < -0.3 is 10.6 Å². The Hall–Kier alpha value is -1.58. The van der Waals surface area contributed by atoms with Gasteiger partial charge in [-0.2, -0.15) is 0 Å². The Morgan fingerprint density at radius 1 is 1.47 bits per heavy atom. The summed E-state index contributed by atoms with van der Waals surface area (Å²) in [5.41, 5.74) is 0.644. The summed E-state index contributed by atoms with van der Waals surface area (Å²) in [4.78, 5) is 15.6. The Labute approximate surface area is 90.1 Å². The van der Waals surface area contributed by atoms with Gasteiger partial charge in [-0.05, 0) is 25.5 Å². The van der Waals surface area contributed by atoms with E-state index in [9.17, 15) is 4.79 Å². The zero-order valence-electron chi connectivity index (χ0n) is 9.21. The molecule has 0 radical (unpaired) electrons. The number of anilines is 1.